The fourth-order valence-corrected chi connectivity index (χ4v) is 5.09. The molecule has 1 spiro atoms. The summed E-state index contributed by atoms with van der Waals surface area (Å²) in [5, 5.41) is 8.59. The number of hydrogen-bond donors (Lipinski definition) is 1. The number of halogens is 1. The Morgan fingerprint density at radius 1 is 1.26 bits per heavy atom. The molecule has 0 radical (unpaired) electrons. The summed E-state index contributed by atoms with van der Waals surface area (Å²) >= 11 is 1.69. The van der Waals surface area contributed by atoms with Crippen molar-refractivity contribution in [2.75, 3.05) is 13.1 Å². The van der Waals surface area contributed by atoms with Gasteiger partial charge in [-0.05, 0) is 66.2 Å². The van der Waals surface area contributed by atoms with E-state index in [9.17, 15) is 4.79 Å². The van der Waals surface area contributed by atoms with Gasteiger partial charge < -0.3 is 14.6 Å². The zero-order chi connectivity index (χ0) is 17.6. The number of carbonyl (C=O) groups excluding carboxylic acids is 1. The molecule has 2 fully saturated rings. The molecule has 142 valence electrons. The second-order valence-electron chi connectivity index (χ2n) is 7.54. The molecule has 1 N–H and O–H groups in total. The van der Waals surface area contributed by atoms with Crippen molar-refractivity contribution in [3.05, 3.63) is 58.5 Å². The molecule has 2 aromatic heterocycles. The van der Waals surface area contributed by atoms with Gasteiger partial charge in [0.25, 0.3) is 5.91 Å². The molecule has 1 saturated heterocycles. The van der Waals surface area contributed by atoms with E-state index in [1.807, 2.05) is 24.3 Å². The lowest BCUT2D eigenvalue weighted by molar-refractivity contribution is 0.0693. The van der Waals surface area contributed by atoms with Crippen LogP contribution in [0.2, 0.25) is 0 Å². The predicted molar refractivity (Wildman–Crippen MR) is 111 cm³/mol. The van der Waals surface area contributed by atoms with Crippen LogP contribution in [0.15, 0.2) is 51.8 Å². The highest BCUT2D eigenvalue weighted by Gasteiger charge is 2.57. The first kappa shape index (κ1) is 18.5. The Morgan fingerprint density at radius 3 is 2.85 bits per heavy atom. The molecule has 2 aliphatic rings. The van der Waals surface area contributed by atoms with Gasteiger partial charge in [0, 0.05) is 18.0 Å². The molecule has 5 rings (SSSR count). The van der Waals surface area contributed by atoms with E-state index in [1.165, 1.54) is 5.56 Å². The monoisotopic (exact) mass is 402 g/mol. The third-order valence-electron chi connectivity index (χ3n) is 6.03. The van der Waals surface area contributed by atoms with Crippen LogP contribution in [0.4, 0.5) is 0 Å². The molecule has 1 atom stereocenters. The van der Waals surface area contributed by atoms with Crippen molar-refractivity contribution < 1.29 is 9.21 Å². The molecule has 6 heteroatoms. The molecule has 1 aromatic carbocycles. The van der Waals surface area contributed by atoms with Crippen molar-refractivity contribution in [1.82, 2.24) is 10.2 Å². The van der Waals surface area contributed by atoms with E-state index in [0.29, 0.717) is 23.6 Å². The van der Waals surface area contributed by atoms with Crippen molar-refractivity contribution in [2.45, 2.75) is 31.8 Å². The molecule has 1 saturated carbocycles. The number of hydrogen-bond acceptors (Lipinski definition) is 4. The van der Waals surface area contributed by atoms with Crippen LogP contribution in [0.5, 0.6) is 0 Å². The van der Waals surface area contributed by atoms with Gasteiger partial charge in [-0.15, -0.1) is 12.4 Å². The number of rotatable bonds is 4. The first-order chi connectivity index (χ1) is 12.8. The van der Waals surface area contributed by atoms with Crippen LogP contribution in [-0.4, -0.2) is 29.9 Å². The fraction of sp³-hybridized carbons (Fsp3) is 0.381. The van der Waals surface area contributed by atoms with Gasteiger partial charge in [-0.25, -0.2) is 0 Å². The summed E-state index contributed by atoms with van der Waals surface area (Å²) in [4.78, 5) is 15.6. The Balaban J connectivity index is 0.00000180. The van der Waals surface area contributed by atoms with Gasteiger partial charge in [0.2, 0.25) is 0 Å². The van der Waals surface area contributed by atoms with E-state index < -0.39 is 0 Å². The van der Waals surface area contributed by atoms with Crippen LogP contribution in [0.3, 0.4) is 0 Å². The van der Waals surface area contributed by atoms with Crippen molar-refractivity contribution in [2.24, 2.45) is 5.41 Å². The maximum atomic E-state index is 13.5. The highest BCUT2D eigenvalue weighted by Crippen LogP contribution is 2.56. The number of furan rings is 1. The molecular weight excluding hydrogens is 380 g/mol. The van der Waals surface area contributed by atoms with Crippen LogP contribution >= 0.6 is 23.7 Å². The van der Waals surface area contributed by atoms with E-state index in [-0.39, 0.29) is 18.3 Å². The largest absolute Gasteiger partial charge is 0.463 e. The first-order valence-corrected chi connectivity index (χ1v) is 10.2. The number of fused-ring (bicyclic) bond motifs is 1. The Bertz CT molecular complexity index is 931. The van der Waals surface area contributed by atoms with E-state index in [1.54, 1.807) is 17.6 Å². The van der Waals surface area contributed by atoms with Gasteiger partial charge in [0.15, 0.2) is 0 Å². The average Bonchev–Trinajstić information content (AvgIpc) is 3.08. The number of thiophene rings is 1. The minimum atomic E-state index is 0. The third kappa shape index (κ3) is 3.28. The van der Waals surface area contributed by atoms with Crippen molar-refractivity contribution in [3.8, 4) is 0 Å². The van der Waals surface area contributed by atoms with Gasteiger partial charge in [0.05, 0.1) is 5.56 Å². The summed E-state index contributed by atoms with van der Waals surface area (Å²) in [7, 11) is 0. The van der Waals surface area contributed by atoms with Crippen LogP contribution in [-0.2, 0) is 6.54 Å². The molecule has 1 unspecified atom stereocenters. The van der Waals surface area contributed by atoms with Crippen molar-refractivity contribution >= 4 is 40.6 Å². The number of para-hydroxylation sites is 1. The maximum Gasteiger partial charge on any atom is 0.258 e. The van der Waals surface area contributed by atoms with Crippen LogP contribution in [0, 0.1) is 5.41 Å². The zero-order valence-corrected chi connectivity index (χ0v) is 16.7. The Hall–Kier alpha value is -1.82. The quantitative estimate of drug-likeness (QED) is 0.687. The summed E-state index contributed by atoms with van der Waals surface area (Å²) in [5.74, 6) is 0.0987. The molecule has 1 aliphatic carbocycles. The van der Waals surface area contributed by atoms with E-state index in [2.05, 4.69) is 27.0 Å². The van der Waals surface area contributed by atoms with Gasteiger partial charge in [-0.1, -0.05) is 18.2 Å². The van der Waals surface area contributed by atoms with Crippen molar-refractivity contribution in [1.29, 1.82) is 0 Å². The smallest absolute Gasteiger partial charge is 0.258 e. The van der Waals surface area contributed by atoms with Crippen molar-refractivity contribution in [3.63, 3.8) is 0 Å². The van der Waals surface area contributed by atoms with Crippen LogP contribution in [0.25, 0.3) is 11.0 Å². The minimum Gasteiger partial charge on any atom is -0.463 e. The standard InChI is InChI=1S/C21H22N2O2S.ClH/c24-20(17-13-25-18-4-2-1-3-16(17)18)23(12-15-5-10-26-14-15)19-11-21(19)6-8-22-9-7-21;/h1-5,10,13-14,19,22H,6-9,11-12H2;1H. The Morgan fingerprint density at radius 2 is 2.07 bits per heavy atom. The highest BCUT2D eigenvalue weighted by atomic mass is 35.5. The summed E-state index contributed by atoms with van der Waals surface area (Å²) in [6.45, 7) is 2.80. The van der Waals surface area contributed by atoms with Gasteiger partial charge in [-0.3, -0.25) is 4.79 Å². The maximum absolute atomic E-state index is 13.5. The van der Waals surface area contributed by atoms with Gasteiger partial charge >= 0.3 is 0 Å². The fourth-order valence-electron chi connectivity index (χ4n) is 4.43. The van der Waals surface area contributed by atoms with E-state index in [0.717, 1.165) is 43.3 Å². The number of benzene rings is 1. The molecule has 1 amide bonds. The van der Waals surface area contributed by atoms with Gasteiger partial charge in [-0.2, -0.15) is 11.3 Å². The predicted octanol–water partition coefficient (Wildman–Crippen LogP) is 4.70. The molecule has 0 bridgehead atoms. The number of amides is 1. The lowest BCUT2D eigenvalue weighted by Crippen LogP contribution is -2.39. The Labute approximate surface area is 169 Å². The second-order valence-corrected chi connectivity index (χ2v) is 8.32. The minimum absolute atomic E-state index is 0. The number of nitrogens with zero attached hydrogens (tertiary/aromatic N) is 1. The summed E-state index contributed by atoms with van der Waals surface area (Å²) in [6, 6.07) is 10.3. The lowest BCUT2D eigenvalue weighted by atomic mass is 9.93. The lowest BCUT2D eigenvalue weighted by Gasteiger charge is -2.29. The van der Waals surface area contributed by atoms with Crippen LogP contribution in [0.1, 0.15) is 35.2 Å². The van der Waals surface area contributed by atoms with E-state index >= 15 is 0 Å². The number of nitrogens with one attached hydrogen (secondary N) is 1. The third-order valence-corrected chi connectivity index (χ3v) is 6.76. The molecule has 3 heterocycles. The normalized spacial score (nSPS) is 20.4. The topological polar surface area (TPSA) is 45.5 Å². The average molecular weight is 403 g/mol. The number of carbonyl (C=O) groups is 1. The van der Waals surface area contributed by atoms with E-state index in [4.69, 9.17) is 4.42 Å². The van der Waals surface area contributed by atoms with Gasteiger partial charge in [0.1, 0.15) is 11.8 Å². The summed E-state index contributed by atoms with van der Waals surface area (Å²) in [6.07, 6.45) is 5.08. The summed E-state index contributed by atoms with van der Waals surface area (Å²) < 4.78 is 5.64. The summed E-state index contributed by atoms with van der Waals surface area (Å²) in [5.41, 5.74) is 2.99. The second kappa shape index (κ2) is 7.30. The highest BCUT2D eigenvalue weighted by molar-refractivity contribution is 7.07. The SMILES string of the molecule is Cl.O=C(c1coc2ccccc12)N(Cc1ccsc1)C1CC12CCNCC2. The first-order valence-electron chi connectivity index (χ1n) is 9.26. The van der Waals surface area contributed by atoms with Crippen LogP contribution < -0.4 is 5.32 Å². The number of piperidine rings is 1. The molecule has 3 aromatic rings. The Kier molecular flexibility index (Phi) is 5.01. The molecule has 1 aliphatic heterocycles. The molecule has 27 heavy (non-hydrogen) atoms. The zero-order valence-electron chi connectivity index (χ0n) is 15.0. The molecule has 4 nitrogen and oxygen atoms in total. The molecular formula is C21H23ClN2O2S.